The van der Waals surface area contributed by atoms with Gasteiger partial charge in [-0.25, -0.2) is 4.79 Å². The topological polar surface area (TPSA) is 90.3 Å². The van der Waals surface area contributed by atoms with E-state index >= 15 is 0 Å². The van der Waals surface area contributed by atoms with E-state index in [0.29, 0.717) is 13.2 Å². The van der Waals surface area contributed by atoms with E-state index in [9.17, 15) is 9.59 Å². The molecule has 2 N–H and O–H groups in total. The van der Waals surface area contributed by atoms with Crippen LogP contribution in [0.25, 0.3) is 0 Å². The molecule has 2 fully saturated rings. The molecule has 0 aromatic carbocycles. The normalized spacial score (nSPS) is 26.4. The Bertz CT molecular complexity index is 372. The molecule has 1 aliphatic carbocycles. The van der Waals surface area contributed by atoms with Crippen LogP contribution in [0.5, 0.6) is 0 Å². The van der Waals surface area contributed by atoms with Crippen molar-refractivity contribution < 1.29 is 24.5 Å². The van der Waals surface area contributed by atoms with E-state index in [1.54, 1.807) is 9.80 Å². The summed E-state index contributed by atoms with van der Waals surface area (Å²) in [7, 11) is 0. The average molecular weight is 286 g/mol. The first-order valence-corrected chi connectivity index (χ1v) is 7.04. The summed E-state index contributed by atoms with van der Waals surface area (Å²) < 4.78 is 5.42. The summed E-state index contributed by atoms with van der Waals surface area (Å²) >= 11 is 0. The van der Waals surface area contributed by atoms with Crippen LogP contribution in [0.2, 0.25) is 0 Å². The summed E-state index contributed by atoms with van der Waals surface area (Å²) in [5.41, 5.74) is 0. The van der Waals surface area contributed by atoms with E-state index in [-0.39, 0.29) is 43.8 Å². The van der Waals surface area contributed by atoms with Gasteiger partial charge in [-0.2, -0.15) is 0 Å². The number of carboxylic acid groups (broad SMARTS) is 1. The van der Waals surface area contributed by atoms with Gasteiger partial charge >= 0.3 is 12.0 Å². The van der Waals surface area contributed by atoms with Crippen molar-refractivity contribution in [3.8, 4) is 0 Å². The number of urea groups is 1. The van der Waals surface area contributed by atoms with Crippen LogP contribution in [0.15, 0.2) is 0 Å². The lowest BCUT2D eigenvalue weighted by Gasteiger charge is -2.40. The number of hydrogen-bond acceptors (Lipinski definition) is 4. The molecule has 20 heavy (non-hydrogen) atoms. The highest BCUT2D eigenvalue weighted by molar-refractivity contribution is 5.76. The molecule has 7 heteroatoms. The van der Waals surface area contributed by atoms with Crippen LogP contribution >= 0.6 is 0 Å². The molecule has 2 amide bonds. The highest BCUT2D eigenvalue weighted by Crippen LogP contribution is 2.29. The van der Waals surface area contributed by atoms with Gasteiger partial charge in [0, 0.05) is 12.6 Å². The number of morpholine rings is 1. The fourth-order valence-electron chi connectivity index (χ4n) is 2.40. The molecular weight excluding hydrogens is 264 g/mol. The van der Waals surface area contributed by atoms with Gasteiger partial charge < -0.3 is 24.7 Å². The predicted octanol–water partition coefficient (Wildman–Crippen LogP) is 0.127. The maximum absolute atomic E-state index is 12.6. The third-order valence-corrected chi connectivity index (χ3v) is 3.75. The van der Waals surface area contributed by atoms with Gasteiger partial charge in [0.05, 0.1) is 38.3 Å². The Hall–Kier alpha value is -1.34. The zero-order valence-corrected chi connectivity index (χ0v) is 11.7. The Kier molecular flexibility index (Phi) is 4.82. The van der Waals surface area contributed by atoms with Crippen molar-refractivity contribution in [3.63, 3.8) is 0 Å². The van der Waals surface area contributed by atoms with Gasteiger partial charge in [0.25, 0.3) is 0 Å². The number of aliphatic hydroxyl groups is 1. The first-order valence-electron chi connectivity index (χ1n) is 7.04. The van der Waals surface area contributed by atoms with Crippen LogP contribution in [0.3, 0.4) is 0 Å². The zero-order valence-electron chi connectivity index (χ0n) is 11.7. The Balaban J connectivity index is 1.99. The smallest absolute Gasteiger partial charge is 0.320 e. The molecule has 0 aromatic rings. The third-order valence-electron chi connectivity index (χ3n) is 3.75. The lowest BCUT2D eigenvalue weighted by Crippen LogP contribution is -2.56. The summed E-state index contributed by atoms with van der Waals surface area (Å²) in [6, 6.07) is -0.0242. The van der Waals surface area contributed by atoms with E-state index in [0.717, 1.165) is 12.8 Å². The molecule has 2 atom stereocenters. The maximum atomic E-state index is 12.6. The molecule has 1 heterocycles. The van der Waals surface area contributed by atoms with Gasteiger partial charge in [0.15, 0.2) is 0 Å². The van der Waals surface area contributed by atoms with E-state index in [2.05, 4.69) is 0 Å². The van der Waals surface area contributed by atoms with Crippen molar-refractivity contribution >= 4 is 12.0 Å². The van der Waals surface area contributed by atoms with Crippen molar-refractivity contribution in [2.45, 2.75) is 44.4 Å². The molecule has 0 spiro atoms. The number of amides is 2. The second-order valence-electron chi connectivity index (χ2n) is 5.49. The second kappa shape index (κ2) is 6.41. The van der Waals surface area contributed by atoms with Crippen LogP contribution in [-0.2, 0) is 9.53 Å². The molecule has 1 aliphatic heterocycles. The molecule has 0 bridgehead atoms. The number of aliphatic hydroxyl groups excluding tert-OH is 1. The number of carbonyl (C=O) groups excluding carboxylic acids is 1. The molecule has 2 aliphatic rings. The molecule has 1 saturated carbocycles. The maximum Gasteiger partial charge on any atom is 0.320 e. The monoisotopic (exact) mass is 286 g/mol. The number of aliphatic carboxylic acids is 1. The molecule has 7 nitrogen and oxygen atoms in total. The van der Waals surface area contributed by atoms with Gasteiger partial charge in [0.2, 0.25) is 0 Å². The van der Waals surface area contributed by atoms with E-state index in [1.165, 1.54) is 0 Å². The van der Waals surface area contributed by atoms with Crippen molar-refractivity contribution in [3.05, 3.63) is 0 Å². The number of rotatable bonds is 5. The number of ether oxygens (including phenoxy) is 1. The van der Waals surface area contributed by atoms with Crippen molar-refractivity contribution in [1.82, 2.24) is 9.80 Å². The minimum atomic E-state index is -0.897. The summed E-state index contributed by atoms with van der Waals surface area (Å²) in [5, 5.41) is 17.9. The minimum absolute atomic E-state index is 0.0373. The summed E-state index contributed by atoms with van der Waals surface area (Å²) in [5.74, 6) is -0.897. The Morgan fingerprint density at radius 2 is 2.10 bits per heavy atom. The van der Waals surface area contributed by atoms with Crippen LogP contribution in [-0.4, -0.2) is 76.5 Å². The Morgan fingerprint density at radius 1 is 1.40 bits per heavy atom. The third kappa shape index (κ3) is 3.61. The molecule has 0 radical (unpaired) electrons. The number of nitrogens with zero attached hydrogens (tertiary/aromatic N) is 2. The summed E-state index contributed by atoms with van der Waals surface area (Å²) in [4.78, 5) is 26.6. The molecule has 2 unspecified atom stereocenters. The van der Waals surface area contributed by atoms with E-state index < -0.39 is 5.97 Å². The molecular formula is C13H22N2O5. The quantitative estimate of drug-likeness (QED) is 0.749. The van der Waals surface area contributed by atoms with Crippen LogP contribution in [0.1, 0.15) is 26.2 Å². The predicted molar refractivity (Wildman–Crippen MR) is 70.4 cm³/mol. The fraction of sp³-hybridized carbons (Fsp3) is 0.846. The molecule has 2 rings (SSSR count). The number of carbonyl (C=O) groups is 2. The van der Waals surface area contributed by atoms with E-state index in [4.69, 9.17) is 14.9 Å². The first-order chi connectivity index (χ1) is 9.52. The summed E-state index contributed by atoms with van der Waals surface area (Å²) in [6.07, 6.45) is 1.49. The number of carboxylic acids is 1. The highest BCUT2D eigenvalue weighted by Gasteiger charge is 2.38. The Labute approximate surface area is 118 Å². The largest absolute Gasteiger partial charge is 0.481 e. The van der Waals surface area contributed by atoms with Crippen molar-refractivity contribution in [2.75, 3.05) is 26.3 Å². The molecule has 114 valence electrons. The van der Waals surface area contributed by atoms with Crippen molar-refractivity contribution in [1.29, 1.82) is 0 Å². The Morgan fingerprint density at radius 3 is 2.65 bits per heavy atom. The molecule has 0 aromatic heterocycles. The molecule has 1 saturated heterocycles. The number of hydrogen-bond donors (Lipinski definition) is 2. The van der Waals surface area contributed by atoms with Gasteiger partial charge in [-0.15, -0.1) is 0 Å². The van der Waals surface area contributed by atoms with Gasteiger partial charge in [0.1, 0.15) is 0 Å². The highest BCUT2D eigenvalue weighted by atomic mass is 16.5. The van der Waals surface area contributed by atoms with Crippen LogP contribution in [0.4, 0.5) is 4.79 Å². The summed E-state index contributed by atoms with van der Waals surface area (Å²) in [6.45, 7) is 2.77. The minimum Gasteiger partial charge on any atom is -0.481 e. The zero-order chi connectivity index (χ0) is 14.7. The van der Waals surface area contributed by atoms with E-state index in [1.807, 2.05) is 6.92 Å². The standard InChI is InChI=1S/C13H22N2O5/c1-9-8-20-11(7-16)6-15(9)13(19)14(10-2-3-10)5-4-12(17)18/h9-11,16H,2-8H2,1H3,(H,17,18). The first kappa shape index (κ1) is 15.1. The van der Waals surface area contributed by atoms with Gasteiger partial charge in [-0.3, -0.25) is 4.79 Å². The fourth-order valence-corrected chi connectivity index (χ4v) is 2.40. The van der Waals surface area contributed by atoms with Gasteiger partial charge in [-0.1, -0.05) is 0 Å². The van der Waals surface area contributed by atoms with Crippen LogP contribution in [0, 0.1) is 0 Å². The van der Waals surface area contributed by atoms with Crippen LogP contribution < -0.4 is 0 Å². The van der Waals surface area contributed by atoms with Gasteiger partial charge in [-0.05, 0) is 19.8 Å². The SMILES string of the molecule is CC1COC(CO)CN1C(=O)N(CCC(=O)O)C1CC1. The second-order valence-corrected chi connectivity index (χ2v) is 5.49. The average Bonchev–Trinajstić information content (AvgIpc) is 3.23. The lowest BCUT2D eigenvalue weighted by molar-refractivity contribution is -0.137. The lowest BCUT2D eigenvalue weighted by atomic mass is 10.2. The van der Waals surface area contributed by atoms with Crippen molar-refractivity contribution in [2.24, 2.45) is 0 Å².